The standard InChI is InChI=1S/C19H23NO/c1-21-13-12-15-6-8-16(9-7-15)19-5-3-2-4-17(19)14-20-18-10-11-18/h2-9,18,20H,10-14H2,1H3. The van der Waals surface area contributed by atoms with Crippen LogP contribution in [0.4, 0.5) is 0 Å². The quantitative estimate of drug-likeness (QED) is 0.833. The number of hydrogen-bond acceptors (Lipinski definition) is 2. The minimum atomic E-state index is 0.745. The molecule has 0 unspecified atom stereocenters. The van der Waals surface area contributed by atoms with Crippen molar-refractivity contribution in [1.82, 2.24) is 5.32 Å². The molecule has 1 N–H and O–H groups in total. The first-order valence-corrected chi connectivity index (χ1v) is 7.76. The van der Waals surface area contributed by atoms with E-state index in [4.69, 9.17) is 4.74 Å². The molecule has 1 aliphatic rings. The van der Waals surface area contributed by atoms with E-state index in [9.17, 15) is 0 Å². The monoisotopic (exact) mass is 281 g/mol. The lowest BCUT2D eigenvalue weighted by molar-refractivity contribution is 0.202. The number of hydrogen-bond donors (Lipinski definition) is 1. The fraction of sp³-hybridized carbons (Fsp3) is 0.368. The Kier molecular flexibility index (Phi) is 4.69. The summed E-state index contributed by atoms with van der Waals surface area (Å²) < 4.78 is 5.13. The zero-order chi connectivity index (χ0) is 14.5. The van der Waals surface area contributed by atoms with Crippen molar-refractivity contribution in [3.63, 3.8) is 0 Å². The fourth-order valence-electron chi connectivity index (χ4n) is 2.57. The Morgan fingerprint density at radius 3 is 2.52 bits per heavy atom. The molecule has 0 spiro atoms. The van der Waals surface area contributed by atoms with Crippen LogP contribution in [0.2, 0.25) is 0 Å². The van der Waals surface area contributed by atoms with Crippen molar-refractivity contribution in [3.05, 3.63) is 59.7 Å². The molecule has 2 aromatic rings. The molecule has 0 saturated heterocycles. The third-order valence-corrected chi connectivity index (χ3v) is 4.04. The first-order chi connectivity index (χ1) is 10.4. The maximum atomic E-state index is 5.13. The van der Waals surface area contributed by atoms with E-state index in [-0.39, 0.29) is 0 Å². The second-order valence-electron chi connectivity index (χ2n) is 5.75. The Morgan fingerprint density at radius 2 is 1.81 bits per heavy atom. The summed E-state index contributed by atoms with van der Waals surface area (Å²) in [7, 11) is 1.75. The molecule has 2 nitrogen and oxygen atoms in total. The number of methoxy groups -OCH3 is 1. The highest BCUT2D eigenvalue weighted by atomic mass is 16.5. The molecule has 1 aliphatic carbocycles. The summed E-state index contributed by atoms with van der Waals surface area (Å²) in [5.74, 6) is 0. The molecular weight excluding hydrogens is 258 g/mol. The van der Waals surface area contributed by atoms with Crippen molar-refractivity contribution in [2.24, 2.45) is 0 Å². The van der Waals surface area contributed by atoms with Gasteiger partial charge in [0, 0.05) is 19.7 Å². The van der Waals surface area contributed by atoms with Crippen molar-refractivity contribution in [1.29, 1.82) is 0 Å². The summed E-state index contributed by atoms with van der Waals surface area (Å²) in [6, 6.07) is 18.3. The molecule has 0 atom stereocenters. The Labute approximate surface area is 127 Å². The summed E-state index contributed by atoms with van der Waals surface area (Å²) in [4.78, 5) is 0. The van der Waals surface area contributed by atoms with Gasteiger partial charge in [0.1, 0.15) is 0 Å². The summed E-state index contributed by atoms with van der Waals surface area (Å²) in [6.45, 7) is 1.74. The Bertz CT molecular complexity index is 572. The van der Waals surface area contributed by atoms with Gasteiger partial charge in [-0.05, 0) is 41.5 Å². The van der Waals surface area contributed by atoms with Crippen LogP contribution >= 0.6 is 0 Å². The highest BCUT2D eigenvalue weighted by molar-refractivity contribution is 5.67. The number of rotatable bonds is 7. The average molecular weight is 281 g/mol. The molecule has 3 rings (SSSR count). The second-order valence-corrected chi connectivity index (χ2v) is 5.75. The lowest BCUT2D eigenvalue weighted by Gasteiger charge is -2.11. The van der Waals surface area contributed by atoms with E-state index >= 15 is 0 Å². The molecule has 0 aliphatic heterocycles. The van der Waals surface area contributed by atoms with Crippen LogP contribution in [0.3, 0.4) is 0 Å². The Morgan fingerprint density at radius 1 is 1.05 bits per heavy atom. The molecule has 1 saturated carbocycles. The summed E-state index contributed by atoms with van der Waals surface area (Å²) in [5, 5.41) is 3.61. The van der Waals surface area contributed by atoms with Crippen LogP contribution in [0.15, 0.2) is 48.5 Å². The molecule has 0 heterocycles. The van der Waals surface area contributed by atoms with Crippen molar-refractivity contribution in [2.45, 2.75) is 31.8 Å². The van der Waals surface area contributed by atoms with Crippen molar-refractivity contribution in [2.75, 3.05) is 13.7 Å². The average Bonchev–Trinajstić information content (AvgIpc) is 3.36. The van der Waals surface area contributed by atoms with Gasteiger partial charge in [0.05, 0.1) is 6.61 Å². The number of benzene rings is 2. The molecule has 110 valence electrons. The lowest BCUT2D eigenvalue weighted by Crippen LogP contribution is -2.15. The molecule has 0 amide bonds. The SMILES string of the molecule is COCCc1ccc(-c2ccccc2CNC2CC2)cc1. The number of ether oxygens (including phenoxy) is 1. The highest BCUT2D eigenvalue weighted by Gasteiger charge is 2.20. The summed E-state index contributed by atoms with van der Waals surface area (Å²) in [6.07, 6.45) is 3.63. The van der Waals surface area contributed by atoms with Crippen LogP contribution < -0.4 is 5.32 Å². The van der Waals surface area contributed by atoms with E-state index in [1.54, 1.807) is 7.11 Å². The maximum Gasteiger partial charge on any atom is 0.0502 e. The van der Waals surface area contributed by atoms with Crippen LogP contribution in [-0.2, 0) is 17.7 Å². The second kappa shape index (κ2) is 6.88. The predicted molar refractivity (Wildman–Crippen MR) is 87.3 cm³/mol. The Balaban J connectivity index is 1.75. The van der Waals surface area contributed by atoms with Gasteiger partial charge in [-0.3, -0.25) is 0 Å². The largest absolute Gasteiger partial charge is 0.384 e. The third-order valence-electron chi connectivity index (χ3n) is 4.04. The smallest absolute Gasteiger partial charge is 0.0502 e. The molecule has 0 radical (unpaired) electrons. The zero-order valence-corrected chi connectivity index (χ0v) is 12.6. The minimum Gasteiger partial charge on any atom is -0.384 e. The normalized spacial score (nSPS) is 14.3. The van der Waals surface area contributed by atoms with Gasteiger partial charge in [-0.15, -0.1) is 0 Å². The Hall–Kier alpha value is -1.64. The topological polar surface area (TPSA) is 21.3 Å². The third kappa shape index (κ3) is 3.93. The van der Waals surface area contributed by atoms with E-state index in [0.717, 1.165) is 25.6 Å². The van der Waals surface area contributed by atoms with E-state index in [2.05, 4.69) is 53.8 Å². The first kappa shape index (κ1) is 14.3. The van der Waals surface area contributed by atoms with E-state index < -0.39 is 0 Å². The molecule has 0 bridgehead atoms. The summed E-state index contributed by atoms with van der Waals surface area (Å²) in [5.41, 5.74) is 5.34. The van der Waals surface area contributed by atoms with Crippen LogP contribution in [0.5, 0.6) is 0 Å². The minimum absolute atomic E-state index is 0.745. The van der Waals surface area contributed by atoms with Crippen LogP contribution in [0, 0.1) is 0 Å². The molecule has 2 heteroatoms. The van der Waals surface area contributed by atoms with E-state index in [1.165, 1.54) is 35.1 Å². The van der Waals surface area contributed by atoms with Gasteiger partial charge in [-0.2, -0.15) is 0 Å². The molecular formula is C19H23NO. The van der Waals surface area contributed by atoms with Gasteiger partial charge >= 0.3 is 0 Å². The fourth-order valence-corrected chi connectivity index (χ4v) is 2.57. The van der Waals surface area contributed by atoms with E-state index in [1.807, 2.05) is 0 Å². The molecule has 21 heavy (non-hydrogen) atoms. The van der Waals surface area contributed by atoms with Crippen LogP contribution in [-0.4, -0.2) is 19.8 Å². The van der Waals surface area contributed by atoms with Crippen molar-refractivity contribution >= 4 is 0 Å². The molecule has 2 aromatic carbocycles. The molecule has 1 fully saturated rings. The van der Waals surface area contributed by atoms with Gasteiger partial charge in [-0.25, -0.2) is 0 Å². The predicted octanol–water partition coefficient (Wildman–Crippen LogP) is 3.79. The van der Waals surface area contributed by atoms with Crippen molar-refractivity contribution in [3.8, 4) is 11.1 Å². The highest BCUT2D eigenvalue weighted by Crippen LogP contribution is 2.26. The summed E-state index contributed by atoms with van der Waals surface area (Å²) >= 11 is 0. The van der Waals surface area contributed by atoms with Gasteiger partial charge in [0.25, 0.3) is 0 Å². The first-order valence-electron chi connectivity index (χ1n) is 7.76. The van der Waals surface area contributed by atoms with E-state index in [0.29, 0.717) is 0 Å². The maximum absolute atomic E-state index is 5.13. The van der Waals surface area contributed by atoms with Gasteiger partial charge < -0.3 is 10.1 Å². The van der Waals surface area contributed by atoms with Crippen LogP contribution in [0.1, 0.15) is 24.0 Å². The lowest BCUT2D eigenvalue weighted by atomic mass is 9.98. The molecule has 0 aromatic heterocycles. The number of nitrogens with one attached hydrogen (secondary N) is 1. The van der Waals surface area contributed by atoms with Gasteiger partial charge in [0.2, 0.25) is 0 Å². The van der Waals surface area contributed by atoms with Crippen molar-refractivity contribution < 1.29 is 4.74 Å². The van der Waals surface area contributed by atoms with Crippen LogP contribution in [0.25, 0.3) is 11.1 Å². The van der Waals surface area contributed by atoms with Gasteiger partial charge in [-0.1, -0.05) is 48.5 Å². The zero-order valence-electron chi connectivity index (χ0n) is 12.6. The van der Waals surface area contributed by atoms with Gasteiger partial charge in [0.15, 0.2) is 0 Å².